The first kappa shape index (κ1) is 20.2. The van der Waals surface area contributed by atoms with Crippen molar-refractivity contribution in [2.24, 2.45) is 0 Å². The van der Waals surface area contributed by atoms with E-state index in [0.717, 1.165) is 4.31 Å². The zero-order valence-electron chi connectivity index (χ0n) is 14.0. The third-order valence-electron chi connectivity index (χ3n) is 2.92. The minimum Gasteiger partial charge on any atom is -0.449 e. The Bertz CT molecular complexity index is 668. The van der Waals surface area contributed by atoms with Gasteiger partial charge in [0.25, 0.3) is 0 Å². The quantitative estimate of drug-likeness (QED) is 0.714. The van der Waals surface area contributed by atoms with E-state index in [-0.39, 0.29) is 30.3 Å². The average Bonchev–Trinajstić information content (AvgIpc) is 2.48. The number of nitrogens with zero attached hydrogens (tertiary/aromatic N) is 5. The lowest BCUT2D eigenvalue weighted by Gasteiger charge is -2.23. The van der Waals surface area contributed by atoms with Gasteiger partial charge in [-0.3, -0.25) is 0 Å². The van der Waals surface area contributed by atoms with Crippen LogP contribution in [0.15, 0.2) is 0 Å². The van der Waals surface area contributed by atoms with Crippen LogP contribution in [-0.2, 0) is 14.9 Å². The summed E-state index contributed by atoms with van der Waals surface area (Å²) in [5, 5.41) is -0.147. The first-order valence-electron chi connectivity index (χ1n) is 7.42. The van der Waals surface area contributed by atoms with Gasteiger partial charge in [0.2, 0.25) is 17.2 Å². The summed E-state index contributed by atoms with van der Waals surface area (Å²) in [6.07, 6.45) is -1.08. The van der Waals surface area contributed by atoms with Crippen molar-refractivity contribution in [1.29, 1.82) is 0 Å². The summed E-state index contributed by atoms with van der Waals surface area (Å²) in [5.41, 5.74) is 0. The molecule has 0 aliphatic carbocycles. The zero-order valence-corrected chi connectivity index (χ0v) is 15.6. The van der Waals surface area contributed by atoms with E-state index in [0.29, 0.717) is 13.1 Å². The van der Waals surface area contributed by atoms with Crippen LogP contribution in [0.4, 0.5) is 16.7 Å². The summed E-state index contributed by atoms with van der Waals surface area (Å²) in [7, 11) is -4.24. The van der Waals surface area contributed by atoms with Crippen LogP contribution in [0.25, 0.3) is 0 Å². The molecule has 10 nitrogen and oxygen atoms in total. The average molecular weight is 381 g/mol. The highest BCUT2D eigenvalue weighted by Gasteiger charge is 2.27. The largest absolute Gasteiger partial charge is 0.449 e. The van der Waals surface area contributed by atoms with Crippen molar-refractivity contribution in [3.63, 3.8) is 0 Å². The molecule has 0 unspecified atom stereocenters. The van der Waals surface area contributed by atoms with Crippen molar-refractivity contribution in [1.82, 2.24) is 19.7 Å². The topological polar surface area (TPSA) is 118 Å². The van der Waals surface area contributed by atoms with Crippen LogP contribution >= 0.6 is 11.6 Å². The van der Waals surface area contributed by atoms with Gasteiger partial charge >= 0.3 is 16.3 Å². The predicted molar refractivity (Wildman–Crippen MR) is 90.5 cm³/mol. The van der Waals surface area contributed by atoms with Crippen molar-refractivity contribution in [3.05, 3.63) is 5.28 Å². The molecule has 0 aliphatic rings. The third kappa shape index (κ3) is 5.06. The van der Waals surface area contributed by atoms with E-state index >= 15 is 0 Å². The molecule has 0 aliphatic heterocycles. The van der Waals surface area contributed by atoms with Crippen LogP contribution in [0, 0.1) is 0 Å². The Morgan fingerprint density at radius 1 is 1.08 bits per heavy atom. The molecule has 0 saturated heterocycles. The molecule has 1 rings (SSSR count). The van der Waals surface area contributed by atoms with E-state index < -0.39 is 16.3 Å². The summed E-state index contributed by atoms with van der Waals surface area (Å²) < 4.78 is 31.8. The Balaban J connectivity index is 3.22. The number of carbonyl (C=O) groups excluding carboxylic acids is 1. The van der Waals surface area contributed by atoms with E-state index in [1.54, 1.807) is 23.5 Å². The zero-order chi connectivity index (χ0) is 18.3. The number of anilines is 2. The van der Waals surface area contributed by atoms with Gasteiger partial charge in [-0.15, -0.1) is 0 Å². The van der Waals surface area contributed by atoms with Gasteiger partial charge in [0, 0.05) is 19.6 Å². The molecule has 0 aromatic carbocycles. The number of aromatic nitrogens is 3. The Hall–Kier alpha value is -1.88. The Morgan fingerprint density at radius 3 is 2.17 bits per heavy atom. The fourth-order valence-electron chi connectivity index (χ4n) is 1.83. The molecule has 0 saturated carbocycles. The number of rotatable bonds is 8. The number of ether oxygens (including phenoxy) is 1. The highest BCUT2D eigenvalue weighted by Crippen LogP contribution is 2.18. The van der Waals surface area contributed by atoms with Gasteiger partial charge in [0.1, 0.15) is 0 Å². The van der Waals surface area contributed by atoms with E-state index in [1.165, 1.54) is 0 Å². The van der Waals surface area contributed by atoms with Crippen LogP contribution in [0.2, 0.25) is 5.28 Å². The van der Waals surface area contributed by atoms with Crippen molar-refractivity contribution in [2.75, 3.05) is 35.4 Å². The molecule has 0 atom stereocenters. The third-order valence-corrected chi connectivity index (χ3v) is 4.51. The maximum Gasteiger partial charge on any atom is 0.422 e. The number of halogens is 1. The molecule has 12 heteroatoms. The van der Waals surface area contributed by atoms with Gasteiger partial charge in [-0.2, -0.15) is 23.4 Å². The molecule has 0 spiro atoms. The number of amides is 1. The minimum absolute atomic E-state index is 0.0211. The Kier molecular flexibility index (Phi) is 7.42. The normalized spacial score (nSPS) is 11.0. The first-order chi connectivity index (χ1) is 11.3. The van der Waals surface area contributed by atoms with Crippen molar-refractivity contribution in [2.45, 2.75) is 27.7 Å². The number of nitrogens with one attached hydrogen (secondary N) is 1. The monoisotopic (exact) mass is 380 g/mol. The molecule has 136 valence electrons. The Morgan fingerprint density at radius 2 is 1.67 bits per heavy atom. The second kappa shape index (κ2) is 8.83. The smallest absolute Gasteiger partial charge is 0.422 e. The highest BCUT2D eigenvalue weighted by atomic mass is 35.5. The van der Waals surface area contributed by atoms with E-state index in [2.05, 4.69) is 19.7 Å². The number of carbonyl (C=O) groups is 1. The summed E-state index contributed by atoms with van der Waals surface area (Å²) >= 11 is 5.89. The maximum atomic E-state index is 12.3. The van der Waals surface area contributed by atoms with E-state index in [1.807, 2.05) is 13.8 Å². The summed E-state index contributed by atoms with van der Waals surface area (Å²) in [4.78, 5) is 25.2. The van der Waals surface area contributed by atoms with Crippen LogP contribution in [0.3, 0.4) is 0 Å². The molecule has 1 heterocycles. The molecular formula is C12H21ClN6O4S. The molecule has 1 N–H and O–H groups in total. The number of hydrogen-bond acceptors (Lipinski definition) is 8. The highest BCUT2D eigenvalue weighted by molar-refractivity contribution is 7.91. The van der Waals surface area contributed by atoms with Gasteiger partial charge in [-0.1, -0.05) is 0 Å². The van der Waals surface area contributed by atoms with Crippen molar-refractivity contribution < 1.29 is 17.9 Å². The Labute approximate surface area is 146 Å². The molecule has 0 radical (unpaired) electrons. The van der Waals surface area contributed by atoms with E-state index in [4.69, 9.17) is 11.6 Å². The molecule has 0 bridgehead atoms. The molecule has 1 aromatic rings. The SMILES string of the molecule is CCOC(=O)NS(=O)(=O)N(CC)c1nc(Cl)nc(N(CC)CC)n1. The fraction of sp³-hybridized carbons (Fsp3) is 0.667. The fourth-order valence-corrected chi connectivity index (χ4v) is 3.00. The van der Waals surface area contributed by atoms with Gasteiger partial charge in [-0.25, -0.2) is 13.8 Å². The van der Waals surface area contributed by atoms with Crippen molar-refractivity contribution in [3.8, 4) is 0 Å². The predicted octanol–water partition coefficient (Wildman–Crippen LogP) is 1.19. The van der Waals surface area contributed by atoms with Crippen LogP contribution in [0.5, 0.6) is 0 Å². The maximum absolute atomic E-state index is 12.3. The van der Waals surface area contributed by atoms with Crippen LogP contribution in [-0.4, -0.2) is 55.7 Å². The van der Waals surface area contributed by atoms with Crippen molar-refractivity contribution >= 4 is 39.8 Å². The summed E-state index contributed by atoms with van der Waals surface area (Å²) in [6, 6.07) is 0. The standard InChI is InChI=1S/C12H21ClN6O4S/c1-5-18(6-2)10-14-9(13)15-11(16-10)19(7-3)24(21,22)17-12(20)23-8-4/h5-8H2,1-4H3,(H,17,20). The van der Waals surface area contributed by atoms with E-state index in [9.17, 15) is 13.2 Å². The lowest BCUT2D eigenvalue weighted by Crippen LogP contribution is -2.44. The van der Waals surface area contributed by atoms with Gasteiger partial charge in [0.15, 0.2) is 0 Å². The summed E-state index contributed by atoms with van der Waals surface area (Å²) in [5.74, 6) is 0.0657. The second-order valence-electron chi connectivity index (χ2n) is 4.37. The number of hydrogen-bond donors (Lipinski definition) is 1. The van der Waals surface area contributed by atoms with Gasteiger partial charge in [-0.05, 0) is 39.3 Å². The summed E-state index contributed by atoms with van der Waals surface area (Å²) in [6.45, 7) is 8.16. The minimum atomic E-state index is -4.24. The molecular weight excluding hydrogens is 360 g/mol. The molecule has 0 fully saturated rings. The first-order valence-corrected chi connectivity index (χ1v) is 9.24. The molecule has 1 amide bonds. The van der Waals surface area contributed by atoms with Gasteiger partial charge < -0.3 is 9.64 Å². The lowest BCUT2D eigenvalue weighted by atomic mass is 10.5. The second-order valence-corrected chi connectivity index (χ2v) is 6.30. The van der Waals surface area contributed by atoms with Crippen LogP contribution in [0.1, 0.15) is 27.7 Å². The molecule has 1 aromatic heterocycles. The molecule has 24 heavy (non-hydrogen) atoms. The van der Waals surface area contributed by atoms with Crippen LogP contribution < -0.4 is 13.9 Å². The van der Waals surface area contributed by atoms with Gasteiger partial charge in [0.05, 0.1) is 6.61 Å². The lowest BCUT2D eigenvalue weighted by molar-refractivity contribution is 0.158.